The monoisotopic (exact) mass is 232 g/mol. The molecule has 3 heteroatoms. The first-order valence-electron chi connectivity index (χ1n) is 5.87. The van der Waals surface area contributed by atoms with Crippen molar-refractivity contribution >= 4 is 10.9 Å². The van der Waals surface area contributed by atoms with Crippen molar-refractivity contribution < 1.29 is 4.74 Å². The van der Waals surface area contributed by atoms with E-state index in [2.05, 4.69) is 42.9 Å². The fraction of sp³-hybridized carbons (Fsp3) is 0.429. The van der Waals surface area contributed by atoms with E-state index >= 15 is 0 Å². The van der Waals surface area contributed by atoms with E-state index < -0.39 is 0 Å². The lowest BCUT2D eigenvalue weighted by Crippen LogP contribution is -2.10. The molecule has 1 aromatic heterocycles. The molecule has 0 aliphatic carbocycles. The standard InChI is InChI=1S/C14H20N2O/c1-9-6-11-10(2)12(8-15-3)16(4)14(11)13(7-9)17-5/h6-7,15H,8H2,1-5H3. The molecule has 0 saturated carbocycles. The van der Waals surface area contributed by atoms with E-state index in [4.69, 9.17) is 4.74 Å². The van der Waals surface area contributed by atoms with Crippen molar-refractivity contribution in [1.29, 1.82) is 0 Å². The number of nitrogens with zero attached hydrogens (tertiary/aromatic N) is 1. The molecule has 0 saturated heterocycles. The van der Waals surface area contributed by atoms with E-state index in [0.717, 1.165) is 12.3 Å². The number of ether oxygens (including phenoxy) is 1. The Labute approximate surface area is 102 Å². The zero-order chi connectivity index (χ0) is 12.6. The summed E-state index contributed by atoms with van der Waals surface area (Å²) < 4.78 is 7.72. The summed E-state index contributed by atoms with van der Waals surface area (Å²) in [6.45, 7) is 5.15. The summed E-state index contributed by atoms with van der Waals surface area (Å²) in [5.41, 5.74) is 5.06. The smallest absolute Gasteiger partial charge is 0.143 e. The molecule has 3 nitrogen and oxygen atoms in total. The maximum absolute atomic E-state index is 5.49. The molecular weight excluding hydrogens is 212 g/mol. The van der Waals surface area contributed by atoms with E-state index in [9.17, 15) is 0 Å². The lowest BCUT2D eigenvalue weighted by molar-refractivity contribution is 0.417. The summed E-state index contributed by atoms with van der Waals surface area (Å²) in [7, 11) is 5.80. The third-order valence-electron chi connectivity index (χ3n) is 3.36. The Hall–Kier alpha value is -1.48. The van der Waals surface area contributed by atoms with Crippen LogP contribution in [0.2, 0.25) is 0 Å². The van der Waals surface area contributed by atoms with Crippen LogP contribution in [0.3, 0.4) is 0 Å². The van der Waals surface area contributed by atoms with Crippen LogP contribution in [-0.2, 0) is 13.6 Å². The Balaban J connectivity index is 2.81. The lowest BCUT2D eigenvalue weighted by atomic mass is 10.1. The minimum absolute atomic E-state index is 0.874. The van der Waals surface area contributed by atoms with E-state index in [1.54, 1.807) is 7.11 Å². The second-order valence-electron chi connectivity index (χ2n) is 4.52. The van der Waals surface area contributed by atoms with E-state index in [0.29, 0.717) is 0 Å². The van der Waals surface area contributed by atoms with Gasteiger partial charge in [-0.3, -0.25) is 0 Å². The molecule has 1 aromatic carbocycles. The molecule has 0 fully saturated rings. The van der Waals surface area contributed by atoms with Gasteiger partial charge >= 0.3 is 0 Å². The Morgan fingerprint density at radius 2 is 2.00 bits per heavy atom. The Bertz CT molecular complexity index is 555. The number of hydrogen-bond acceptors (Lipinski definition) is 2. The highest BCUT2D eigenvalue weighted by atomic mass is 16.5. The van der Waals surface area contributed by atoms with Crippen molar-refractivity contribution in [3.63, 3.8) is 0 Å². The van der Waals surface area contributed by atoms with Crippen molar-refractivity contribution in [3.05, 3.63) is 29.0 Å². The first-order valence-corrected chi connectivity index (χ1v) is 5.87. The van der Waals surface area contributed by atoms with Gasteiger partial charge in [0, 0.05) is 24.7 Å². The highest BCUT2D eigenvalue weighted by Crippen LogP contribution is 2.33. The van der Waals surface area contributed by atoms with Crippen LogP contribution in [0.5, 0.6) is 5.75 Å². The number of benzene rings is 1. The highest BCUT2D eigenvalue weighted by Gasteiger charge is 2.15. The summed E-state index contributed by atoms with van der Waals surface area (Å²) >= 11 is 0. The first-order chi connectivity index (χ1) is 8.10. The van der Waals surface area contributed by atoms with Gasteiger partial charge in [-0.2, -0.15) is 0 Å². The molecule has 0 amide bonds. The maximum atomic E-state index is 5.49. The third-order valence-corrected chi connectivity index (χ3v) is 3.36. The van der Waals surface area contributed by atoms with Gasteiger partial charge in [0.25, 0.3) is 0 Å². The number of aromatic nitrogens is 1. The van der Waals surface area contributed by atoms with Crippen LogP contribution >= 0.6 is 0 Å². The van der Waals surface area contributed by atoms with Crippen molar-refractivity contribution in [3.8, 4) is 5.75 Å². The topological polar surface area (TPSA) is 26.2 Å². The van der Waals surface area contributed by atoms with Gasteiger partial charge in [0.1, 0.15) is 5.75 Å². The SMILES string of the molecule is CNCc1c(C)c2cc(C)cc(OC)c2n1C. The van der Waals surface area contributed by atoms with Crippen LogP contribution < -0.4 is 10.1 Å². The minimum atomic E-state index is 0.874. The van der Waals surface area contributed by atoms with Crippen molar-refractivity contribution in [2.24, 2.45) is 7.05 Å². The second-order valence-corrected chi connectivity index (χ2v) is 4.52. The van der Waals surface area contributed by atoms with Gasteiger partial charge in [-0.25, -0.2) is 0 Å². The Morgan fingerprint density at radius 3 is 2.59 bits per heavy atom. The molecule has 92 valence electrons. The number of nitrogens with one attached hydrogen (secondary N) is 1. The minimum Gasteiger partial charge on any atom is -0.495 e. The van der Waals surface area contributed by atoms with Gasteiger partial charge < -0.3 is 14.6 Å². The van der Waals surface area contributed by atoms with Crippen LogP contribution in [0.4, 0.5) is 0 Å². The summed E-state index contributed by atoms with van der Waals surface area (Å²) in [6, 6.07) is 4.32. The van der Waals surface area contributed by atoms with Gasteiger partial charge in [-0.15, -0.1) is 0 Å². The zero-order valence-corrected chi connectivity index (χ0v) is 11.2. The number of rotatable bonds is 3. The van der Waals surface area contributed by atoms with E-state index in [1.807, 2.05) is 7.05 Å². The molecule has 2 rings (SSSR count). The molecule has 0 bridgehead atoms. The highest BCUT2D eigenvalue weighted by molar-refractivity contribution is 5.91. The molecule has 17 heavy (non-hydrogen) atoms. The average molecular weight is 232 g/mol. The number of fused-ring (bicyclic) bond motifs is 1. The van der Waals surface area contributed by atoms with Gasteiger partial charge in [0.15, 0.2) is 0 Å². The lowest BCUT2D eigenvalue weighted by Gasteiger charge is -2.08. The normalized spacial score (nSPS) is 11.1. The van der Waals surface area contributed by atoms with Crippen LogP contribution in [-0.4, -0.2) is 18.7 Å². The van der Waals surface area contributed by atoms with Crippen LogP contribution in [0.25, 0.3) is 10.9 Å². The number of hydrogen-bond donors (Lipinski definition) is 1. The van der Waals surface area contributed by atoms with Gasteiger partial charge in [0.2, 0.25) is 0 Å². The summed E-state index contributed by atoms with van der Waals surface area (Å²) in [6.07, 6.45) is 0. The molecule has 0 unspecified atom stereocenters. The molecule has 0 aliphatic heterocycles. The van der Waals surface area contributed by atoms with Gasteiger partial charge in [-0.05, 0) is 44.2 Å². The van der Waals surface area contributed by atoms with Crippen LogP contribution in [0, 0.1) is 13.8 Å². The van der Waals surface area contributed by atoms with Gasteiger partial charge in [-0.1, -0.05) is 0 Å². The van der Waals surface area contributed by atoms with Crippen LogP contribution in [0.1, 0.15) is 16.8 Å². The average Bonchev–Trinajstić information content (AvgIpc) is 2.54. The molecule has 1 N–H and O–H groups in total. The molecule has 0 radical (unpaired) electrons. The van der Waals surface area contributed by atoms with Gasteiger partial charge in [0.05, 0.1) is 12.6 Å². The first kappa shape index (κ1) is 12.0. The molecule has 1 heterocycles. The predicted molar refractivity (Wildman–Crippen MR) is 71.7 cm³/mol. The second kappa shape index (κ2) is 4.41. The number of aryl methyl sites for hydroxylation is 3. The molecule has 0 aliphatic rings. The summed E-state index contributed by atoms with van der Waals surface area (Å²) in [5, 5.41) is 4.50. The molecule has 0 spiro atoms. The number of methoxy groups -OCH3 is 1. The largest absolute Gasteiger partial charge is 0.495 e. The Morgan fingerprint density at radius 1 is 1.29 bits per heavy atom. The zero-order valence-electron chi connectivity index (χ0n) is 11.2. The van der Waals surface area contributed by atoms with Crippen molar-refractivity contribution in [1.82, 2.24) is 9.88 Å². The maximum Gasteiger partial charge on any atom is 0.143 e. The van der Waals surface area contributed by atoms with Crippen molar-refractivity contribution in [2.45, 2.75) is 20.4 Å². The molecule has 2 aromatic rings. The fourth-order valence-corrected chi connectivity index (χ4v) is 2.49. The van der Waals surface area contributed by atoms with E-state index in [1.165, 1.54) is 27.7 Å². The summed E-state index contributed by atoms with van der Waals surface area (Å²) in [4.78, 5) is 0. The quantitative estimate of drug-likeness (QED) is 0.880. The fourth-order valence-electron chi connectivity index (χ4n) is 2.49. The van der Waals surface area contributed by atoms with E-state index in [-0.39, 0.29) is 0 Å². The Kier molecular flexibility index (Phi) is 3.11. The predicted octanol–water partition coefficient (Wildman–Crippen LogP) is 2.52. The van der Waals surface area contributed by atoms with Crippen molar-refractivity contribution in [2.75, 3.05) is 14.2 Å². The van der Waals surface area contributed by atoms with Crippen LogP contribution in [0.15, 0.2) is 12.1 Å². The molecular formula is C14H20N2O. The summed E-state index contributed by atoms with van der Waals surface area (Å²) in [5.74, 6) is 0.952. The third kappa shape index (κ3) is 1.80. The molecule has 0 atom stereocenters.